The Labute approximate surface area is 126 Å². The lowest BCUT2D eigenvalue weighted by Gasteiger charge is -2.35. The van der Waals surface area contributed by atoms with E-state index in [1.807, 2.05) is 4.90 Å². The molecule has 2 aliphatic heterocycles. The minimum atomic E-state index is -0.329. The lowest BCUT2D eigenvalue weighted by molar-refractivity contribution is -0.140. The first-order valence-corrected chi connectivity index (χ1v) is 7.02. The molecule has 0 unspecified atom stereocenters. The molecule has 3 rings (SSSR count). The van der Waals surface area contributed by atoms with Crippen molar-refractivity contribution in [2.24, 2.45) is 4.99 Å². The largest absolute Gasteiger partial charge is 0.464 e. The van der Waals surface area contributed by atoms with Gasteiger partial charge in [0.1, 0.15) is 6.61 Å². The van der Waals surface area contributed by atoms with Crippen molar-refractivity contribution in [2.45, 2.75) is 6.92 Å². The van der Waals surface area contributed by atoms with Crippen molar-refractivity contribution in [3.05, 3.63) is 28.8 Å². The van der Waals surface area contributed by atoms with Gasteiger partial charge in [-0.15, -0.1) is 0 Å². The van der Waals surface area contributed by atoms with E-state index >= 15 is 0 Å². The zero-order chi connectivity index (χ0) is 15.0. The van der Waals surface area contributed by atoms with Gasteiger partial charge < -0.3 is 9.64 Å². The quantitative estimate of drug-likeness (QED) is 0.795. The Morgan fingerprint density at radius 1 is 1.48 bits per heavy atom. The van der Waals surface area contributed by atoms with E-state index in [2.05, 4.69) is 4.99 Å². The van der Waals surface area contributed by atoms with E-state index in [1.165, 1.54) is 6.92 Å². The number of aliphatic imine (C=N–C) groups is 1. The second kappa shape index (κ2) is 5.37. The molecule has 0 spiro atoms. The van der Waals surface area contributed by atoms with Gasteiger partial charge in [-0.2, -0.15) is 0 Å². The van der Waals surface area contributed by atoms with E-state index < -0.39 is 0 Å². The van der Waals surface area contributed by atoms with E-state index in [0.29, 0.717) is 36.2 Å². The molecular formula is C14H14ClN3O3. The van der Waals surface area contributed by atoms with Crippen molar-refractivity contribution in [1.29, 1.82) is 0 Å². The second-order valence-corrected chi connectivity index (χ2v) is 5.23. The van der Waals surface area contributed by atoms with Crippen molar-refractivity contribution < 1.29 is 14.3 Å². The third kappa shape index (κ3) is 2.47. The van der Waals surface area contributed by atoms with Crippen LogP contribution in [0.5, 0.6) is 0 Å². The molecule has 0 bridgehead atoms. The van der Waals surface area contributed by atoms with Crippen molar-refractivity contribution in [3.63, 3.8) is 0 Å². The summed E-state index contributed by atoms with van der Waals surface area (Å²) in [7, 11) is 0. The highest BCUT2D eigenvalue weighted by molar-refractivity contribution is 6.31. The van der Waals surface area contributed by atoms with Crippen LogP contribution in [-0.4, -0.2) is 49.0 Å². The molecule has 1 amide bonds. The van der Waals surface area contributed by atoms with E-state index in [9.17, 15) is 9.59 Å². The number of carbonyl (C=O) groups excluding carboxylic acids is 2. The fourth-order valence-electron chi connectivity index (χ4n) is 2.53. The Balaban J connectivity index is 1.95. The number of guanidine groups is 1. The molecule has 0 fully saturated rings. The van der Waals surface area contributed by atoms with Crippen molar-refractivity contribution in [1.82, 2.24) is 4.90 Å². The highest BCUT2D eigenvalue weighted by Gasteiger charge is 2.37. The molecule has 1 aromatic rings. The Morgan fingerprint density at radius 2 is 2.29 bits per heavy atom. The first-order valence-electron chi connectivity index (χ1n) is 6.64. The summed E-state index contributed by atoms with van der Waals surface area (Å²) in [4.78, 5) is 31.3. The molecule has 0 aliphatic carbocycles. The van der Waals surface area contributed by atoms with Gasteiger partial charge in [0.15, 0.2) is 0 Å². The number of anilines is 1. The molecule has 2 aliphatic rings. The van der Waals surface area contributed by atoms with Gasteiger partial charge >= 0.3 is 5.97 Å². The summed E-state index contributed by atoms with van der Waals surface area (Å²) in [5, 5.41) is 0.515. The number of rotatable bonds is 3. The minimum absolute atomic E-state index is 0.0903. The van der Waals surface area contributed by atoms with E-state index in [4.69, 9.17) is 16.3 Å². The summed E-state index contributed by atoms with van der Waals surface area (Å²) < 4.78 is 4.99. The summed E-state index contributed by atoms with van der Waals surface area (Å²) in [5.41, 5.74) is 1.29. The molecule has 6 nitrogen and oxygen atoms in total. The molecule has 0 radical (unpaired) electrons. The molecule has 0 saturated heterocycles. The minimum Gasteiger partial charge on any atom is -0.464 e. The zero-order valence-corrected chi connectivity index (χ0v) is 12.3. The number of fused-ring (bicyclic) bond motifs is 2. The third-order valence-corrected chi connectivity index (χ3v) is 3.64. The normalized spacial score (nSPS) is 16.5. The topological polar surface area (TPSA) is 62.2 Å². The third-order valence-electron chi connectivity index (χ3n) is 3.40. The number of ether oxygens (including phenoxy) is 1. The average molecular weight is 308 g/mol. The van der Waals surface area contributed by atoms with Gasteiger partial charge in [0, 0.05) is 18.5 Å². The average Bonchev–Trinajstić information content (AvgIpc) is 2.92. The number of nitrogens with zero attached hydrogens (tertiary/aromatic N) is 3. The van der Waals surface area contributed by atoms with Crippen molar-refractivity contribution >= 4 is 35.1 Å². The lowest BCUT2D eigenvalue weighted by Crippen LogP contribution is -2.51. The number of esters is 1. The predicted molar refractivity (Wildman–Crippen MR) is 78.8 cm³/mol. The first-order chi connectivity index (χ1) is 10.1. The lowest BCUT2D eigenvalue weighted by atomic mass is 10.1. The van der Waals surface area contributed by atoms with Crippen LogP contribution in [0.2, 0.25) is 5.02 Å². The molecular weight excluding hydrogens is 294 g/mol. The number of amides is 1. The van der Waals surface area contributed by atoms with Gasteiger partial charge in [0.2, 0.25) is 5.96 Å². The van der Waals surface area contributed by atoms with E-state index in [1.54, 1.807) is 23.1 Å². The second-order valence-electron chi connectivity index (χ2n) is 4.79. The summed E-state index contributed by atoms with van der Waals surface area (Å²) in [5.74, 6) is 0.194. The summed E-state index contributed by atoms with van der Waals surface area (Å²) in [6.07, 6.45) is 0. The van der Waals surface area contributed by atoms with Gasteiger partial charge in [-0.3, -0.25) is 19.5 Å². The monoisotopic (exact) mass is 307 g/mol. The van der Waals surface area contributed by atoms with Crippen LogP contribution in [0.3, 0.4) is 0 Å². The zero-order valence-electron chi connectivity index (χ0n) is 11.5. The fraction of sp³-hybridized carbons (Fsp3) is 0.357. The summed E-state index contributed by atoms with van der Waals surface area (Å²) in [6.45, 7) is 3.18. The van der Waals surface area contributed by atoms with E-state index in [0.717, 1.165) is 5.69 Å². The number of hydrogen-bond acceptors (Lipinski definition) is 5. The molecule has 110 valence electrons. The Hall–Kier alpha value is -2.08. The standard InChI is InChI=1S/C14H14ClN3O3/c1-9(19)21-7-6-17-12-3-2-10(15)8-11(12)13(20)18-5-4-16-14(17)18/h2-3,8H,4-7H2,1H3. The van der Waals surface area contributed by atoms with Gasteiger partial charge in [-0.1, -0.05) is 11.6 Å². The smallest absolute Gasteiger partial charge is 0.302 e. The molecule has 0 aromatic heterocycles. The van der Waals surface area contributed by atoms with Crippen LogP contribution in [0.15, 0.2) is 23.2 Å². The summed E-state index contributed by atoms with van der Waals surface area (Å²) >= 11 is 5.99. The fourth-order valence-corrected chi connectivity index (χ4v) is 2.70. The van der Waals surface area contributed by atoms with Crippen LogP contribution in [-0.2, 0) is 9.53 Å². The number of halogens is 1. The van der Waals surface area contributed by atoms with Crippen LogP contribution in [0.25, 0.3) is 0 Å². The Bertz CT molecular complexity index is 644. The van der Waals surface area contributed by atoms with Crippen molar-refractivity contribution in [3.8, 4) is 0 Å². The molecule has 0 saturated carbocycles. The highest BCUT2D eigenvalue weighted by Crippen LogP contribution is 2.32. The molecule has 0 N–H and O–H groups in total. The Kier molecular flexibility index (Phi) is 3.55. The maximum absolute atomic E-state index is 12.5. The van der Waals surface area contributed by atoms with Crippen LogP contribution in [0.4, 0.5) is 5.69 Å². The molecule has 0 atom stereocenters. The molecule has 2 heterocycles. The molecule has 1 aromatic carbocycles. The van der Waals surface area contributed by atoms with Crippen LogP contribution in [0.1, 0.15) is 17.3 Å². The predicted octanol–water partition coefficient (Wildman–Crippen LogP) is 1.53. The van der Waals surface area contributed by atoms with E-state index in [-0.39, 0.29) is 18.5 Å². The van der Waals surface area contributed by atoms with Crippen LogP contribution >= 0.6 is 11.6 Å². The van der Waals surface area contributed by atoms with Gasteiger partial charge in [-0.25, -0.2) is 0 Å². The number of carbonyl (C=O) groups is 2. The maximum Gasteiger partial charge on any atom is 0.302 e. The van der Waals surface area contributed by atoms with Crippen LogP contribution < -0.4 is 4.90 Å². The number of benzene rings is 1. The maximum atomic E-state index is 12.5. The summed E-state index contributed by atoms with van der Waals surface area (Å²) in [6, 6.07) is 5.19. The van der Waals surface area contributed by atoms with Gasteiger partial charge in [0.05, 0.1) is 24.3 Å². The SMILES string of the molecule is CC(=O)OCCN1C2=NCCN2C(=O)c2cc(Cl)ccc21. The first kappa shape index (κ1) is 13.9. The van der Waals surface area contributed by atoms with Crippen molar-refractivity contribution in [2.75, 3.05) is 31.1 Å². The Morgan fingerprint density at radius 3 is 3.05 bits per heavy atom. The number of hydrogen-bond donors (Lipinski definition) is 0. The molecule has 21 heavy (non-hydrogen) atoms. The van der Waals surface area contributed by atoms with Gasteiger partial charge in [-0.05, 0) is 18.2 Å². The molecule has 7 heteroatoms. The van der Waals surface area contributed by atoms with Gasteiger partial charge in [0.25, 0.3) is 5.91 Å². The van der Waals surface area contributed by atoms with Crippen LogP contribution in [0, 0.1) is 0 Å². The highest BCUT2D eigenvalue weighted by atomic mass is 35.5.